The second-order valence-electron chi connectivity index (χ2n) is 24.9. The third kappa shape index (κ3) is 23.0. The zero-order valence-corrected chi connectivity index (χ0v) is 69.5. The number of nitrogen functional groups attached to an aromatic ring is 1. The van der Waals surface area contributed by atoms with Gasteiger partial charge in [-0.1, -0.05) is 34.8 Å². The first-order chi connectivity index (χ1) is 55.2. The molecule has 12 aromatic heterocycles. The number of aromatic amines is 5. The van der Waals surface area contributed by atoms with Gasteiger partial charge in [0.1, 0.15) is 119 Å². The number of anilines is 8. The average molecular weight is 1630 g/mol. The maximum atomic E-state index is 5.83. The molecule has 114 heavy (non-hydrogen) atoms. The van der Waals surface area contributed by atoms with E-state index in [0.29, 0.717) is 32.9 Å². The van der Waals surface area contributed by atoms with Crippen molar-refractivity contribution in [2.45, 2.75) is 57.3 Å². The first kappa shape index (κ1) is 84.3. The molecule has 590 valence electrons. The number of ether oxygens (including phenoxy) is 4. The van der Waals surface area contributed by atoms with Gasteiger partial charge in [0.25, 0.3) is 0 Å². The summed E-state index contributed by atoms with van der Waals surface area (Å²) >= 11 is 21.0. The predicted molar refractivity (Wildman–Crippen MR) is 467 cm³/mol. The maximum absolute atomic E-state index is 5.83. The molecule has 0 amide bonds. The summed E-state index contributed by atoms with van der Waals surface area (Å²) in [4.78, 5) is 72.5. The number of methoxy groups -OCH3 is 2. The van der Waals surface area contributed by atoms with Gasteiger partial charge in [-0.2, -0.15) is 0 Å². The van der Waals surface area contributed by atoms with E-state index in [1.54, 1.807) is 68.7 Å². The number of nitrogens with two attached hydrogens (primary N) is 1. The number of thioether (sulfide) groups is 2. The second kappa shape index (κ2) is 41.4. The summed E-state index contributed by atoms with van der Waals surface area (Å²) in [6.45, 7) is 10.9. The van der Waals surface area contributed by atoms with Gasteiger partial charge in [-0.15, -0.1) is 23.5 Å². The lowest BCUT2D eigenvalue weighted by Crippen LogP contribution is -2.14. The molecule has 14 heterocycles. The van der Waals surface area contributed by atoms with Crippen LogP contribution in [0.1, 0.15) is 40.2 Å². The van der Waals surface area contributed by atoms with E-state index in [1.165, 1.54) is 20.9 Å². The molecule has 10 N–H and O–H groups in total. The minimum absolute atomic E-state index is 0.508. The fourth-order valence-electron chi connectivity index (χ4n) is 11.3. The lowest BCUT2D eigenvalue weighted by Gasteiger charge is -2.19. The number of H-pyrrole nitrogens is 5. The van der Waals surface area contributed by atoms with Crippen molar-refractivity contribution < 1.29 is 18.9 Å². The molecular weight excluding hydrogens is 1540 g/mol. The Kier molecular flexibility index (Phi) is 30.6. The van der Waals surface area contributed by atoms with E-state index in [1.807, 2.05) is 172 Å². The SMILES string of the molecule is CNc1ccc(OC)cn1.CNc1ccc(SC)cc1.CNc1ccc2c(c1)CCO2.COc1ccc(N(C)c2nc(C)nc3[nH]ccc23)nc1.CSc1ccc(N(C)c2nc(C)nc3[nH]ccc23)cc1.Cc1nc(Cl)c2cc[nH]c2n1.Cc1nc(Cl)c2cc[nH]c2n1.Cc1nc(Cl)c2cc[nH]c2n1.Nc1ccc2c(c1)CCO2. The van der Waals surface area contributed by atoms with Crippen molar-refractivity contribution in [2.75, 3.05) is 107 Å². The van der Waals surface area contributed by atoms with Crippen LogP contribution in [0.4, 0.5) is 46.0 Å². The maximum Gasteiger partial charge on any atom is 0.147 e. The van der Waals surface area contributed by atoms with Crippen LogP contribution in [0, 0.1) is 34.6 Å². The van der Waals surface area contributed by atoms with Gasteiger partial charge in [0.2, 0.25) is 0 Å². The van der Waals surface area contributed by atoms with Crippen molar-refractivity contribution in [1.29, 1.82) is 0 Å². The third-order valence-electron chi connectivity index (χ3n) is 17.2. The Morgan fingerprint density at radius 1 is 0.421 bits per heavy atom. The van der Waals surface area contributed by atoms with E-state index in [4.69, 9.17) is 59.5 Å². The van der Waals surface area contributed by atoms with Crippen LogP contribution in [0.25, 0.3) is 55.2 Å². The van der Waals surface area contributed by atoms with E-state index in [0.717, 1.165) is 162 Å². The molecule has 0 saturated heterocycles. The number of fused-ring (bicyclic) bond motifs is 7. The van der Waals surface area contributed by atoms with Crippen molar-refractivity contribution in [2.24, 2.45) is 0 Å². The highest BCUT2D eigenvalue weighted by atomic mass is 35.5. The molecule has 27 nitrogen and oxygen atoms in total. The van der Waals surface area contributed by atoms with Crippen LogP contribution in [0.2, 0.25) is 15.5 Å². The molecule has 16 aromatic rings. The molecule has 0 unspecified atom stereocenters. The summed E-state index contributed by atoms with van der Waals surface area (Å²) < 4.78 is 20.7. The zero-order valence-electron chi connectivity index (χ0n) is 65.6. The average Bonchev–Trinajstić information content (AvgIpc) is 1.57. The Morgan fingerprint density at radius 3 is 1.21 bits per heavy atom. The molecule has 2 aliphatic rings. The number of benzene rings is 4. The number of rotatable bonds is 11. The Hall–Kier alpha value is -12.2. The number of nitrogens with zero attached hydrogens (tertiary/aromatic N) is 14. The molecule has 0 atom stereocenters. The molecule has 0 bridgehead atoms. The minimum Gasteiger partial charge on any atom is -0.495 e. The second-order valence-corrected chi connectivity index (χ2v) is 27.7. The first-order valence-corrected chi connectivity index (χ1v) is 39.4. The third-order valence-corrected chi connectivity index (χ3v) is 19.5. The molecule has 2 aliphatic heterocycles. The van der Waals surface area contributed by atoms with Gasteiger partial charge in [-0.3, -0.25) is 0 Å². The molecule has 4 aromatic carbocycles. The highest BCUT2D eigenvalue weighted by Crippen LogP contribution is 2.33. The van der Waals surface area contributed by atoms with E-state index >= 15 is 0 Å². The molecule has 0 aliphatic carbocycles. The van der Waals surface area contributed by atoms with Crippen molar-refractivity contribution in [3.05, 3.63) is 239 Å². The van der Waals surface area contributed by atoms with Crippen LogP contribution >= 0.6 is 58.3 Å². The van der Waals surface area contributed by atoms with Crippen LogP contribution in [-0.4, -0.2) is 160 Å². The molecule has 0 saturated carbocycles. The zero-order chi connectivity index (χ0) is 81.2. The first-order valence-electron chi connectivity index (χ1n) is 35.8. The van der Waals surface area contributed by atoms with Gasteiger partial charge >= 0.3 is 0 Å². The van der Waals surface area contributed by atoms with Crippen molar-refractivity contribution in [3.8, 4) is 23.0 Å². The molecule has 0 radical (unpaired) electrons. The van der Waals surface area contributed by atoms with Gasteiger partial charge < -0.3 is 75.4 Å². The number of hydrogen-bond acceptors (Lipinski definition) is 24. The summed E-state index contributed by atoms with van der Waals surface area (Å²) in [6.07, 6.45) is 18.7. The molecule has 0 fully saturated rings. The van der Waals surface area contributed by atoms with Crippen molar-refractivity contribution in [1.82, 2.24) is 84.7 Å². The number of hydrogen-bond donors (Lipinski definition) is 9. The van der Waals surface area contributed by atoms with Crippen LogP contribution < -0.4 is 50.4 Å². The van der Waals surface area contributed by atoms with Gasteiger partial charge in [-0.05, 0) is 198 Å². The highest BCUT2D eigenvalue weighted by Gasteiger charge is 2.17. The predicted octanol–water partition coefficient (Wildman–Crippen LogP) is 18.4. The number of aromatic nitrogens is 17. The Bertz CT molecular complexity index is 5320. The standard InChI is InChI=1S/C15H16N4S.C14H15N5O.C9H11NO.C8H9NO.C8H11NS.3C7H6ClN3.C7H10N2O/c1-10-17-14-13(8-9-16-14)15(18-10)19(2)11-4-6-12(20-3)7-5-11;1-9-17-13-11(6-7-15-13)14(18-9)19(2)12-5-4-10(20-3)8-16-12;1-10-8-2-3-9-7(6-8)4-5-11-9;9-7-1-2-8-6(5-7)3-4-10-8;1-9-7-3-5-8(10-2)6-4-7;3*1-4-10-6(8)5-2-3-9-7(5)11-4;1-8-7-4-3-6(10-2)5-9-7/h4-9H,1-3H3,(H,16,17,18);4-8H,1-3H3,(H,15,17,18);2-3,6,10H,4-5H2,1H3;1-2,5H,3-4,9H2;3-6,9H,1-2H3;3*2-3H,1H3,(H,9,10,11);3-5H,1-2H3,(H,8,9). The van der Waals surface area contributed by atoms with E-state index in [9.17, 15) is 0 Å². The van der Waals surface area contributed by atoms with Gasteiger partial charge in [0.05, 0.1) is 66.8 Å². The summed E-state index contributed by atoms with van der Waals surface area (Å²) in [6, 6.07) is 45.8. The number of aryl methyl sites for hydroxylation is 5. The molecule has 32 heteroatoms. The van der Waals surface area contributed by atoms with Crippen LogP contribution in [-0.2, 0) is 12.8 Å². The van der Waals surface area contributed by atoms with Crippen LogP contribution in [0.15, 0.2) is 193 Å². The van der Waals surface area contributed by atoms with Crippen molar-refractivity contribution in [3.63, 3.8) is 0 Å². The topological polar surface area (TPSA) is 339 Å². The Balaban J connectivity index is 0.000000138. The molecular formula is C82H90Cl3N23O4S2. The molecule has 18 rings (SSSR count). The number of halogens is 3. The minimum atomic E-state index is 0.508. The highest BCUT2D eigenvalue weighted by molar-refractivity contribution is 7.98. The summed E-state index contributed by atoms with van der Waals surface area (Å²) in [5.41, 5.74) is 16.5. The van der Waals surface area contributed by atoms with Crippen molar-refractivity contribution >= 4 is 160 Å². The number of nitrogens with one attached hydrogen (secondary N) is 8. The fraction of sp³-hybridized carbons (Fsp3) is 0.220. The number of pyridine rings is 2. The largest absolute Gasteiger partial charge is 0.495 e. The quantitative estimate of drug-likeness (QED) is 0.0330. The normalized spacial score (nSPS) is 11.1. The van der Waals surface area contributed by atoms with Gasteiger partial charge in [-0.25, -0.2) is 59.8 Å². The fourth-order valence-corrected chi connectivity index (χ4v) is 12.9. The summed E-state index contributed by atoms with van der Waals surface area (Å²) in [5.74, 6) is 10.5. The Morgan fingerprint density at radius 2 is 0.807 bits per heavy atom. The van der Waals surface area contributed by atoms with Gasteiger partial charge in [0, 0.05) is 112 Å². The molecule has 0 spiro atoms. The summed E-state index contributed by atoms with van der Waals surface area (Å²) in [7, 11) is 12.9. The monoisotopic (exact) mass is 1630 g/mol. The smallest absolute Gasteiger partial charge is 0.147 e. The van der Waals surface area contributed by atoms with E-state index in [-0.39, 0.29) is 0 Å². The lowest BCUT2D eigenvalue weighted by atomic mass is 10.1. The summed E-state index contributed by atoms with van der Waals surface area (Å²) in [5, 5.41) is 15.2. The lowest BCUT2D eigenvalue weighted by molar-refractivity contribution is 0.356. The van der Waals surface area contributed by atoms with Crippen LogP contribution in [0.3, 0.4) is 0 Å². The van der Waals surface area contributed by atoms with E-state index < -0.39 is 0 Å². The Labute approximate surface area is 684 Å². The van der Waals surface area contributed by atoms with Gasteiger partial charge in [0.15, 0.2) is 0 Å². The van der Waals surface area contributed by atoms with Crippen LogP contribution in [0.5, 0.6) is 23.0 Å². The van der Waals surface area contributed by atoms with E-state index in [2.05, 4.69) is 173 Å².